The molecular weight excluding hydrogens is 248 g/mol. The molecule has 1 aromatic rings. The zero-order valence-electron chi connectivity index (χ0n) is 13.3. The van der Waals surface area contributed by atoms with Gasteiger partial charge in [-0.15, -0.1) is 0 Å². The van der Waals surface area contributed by atoms with Gasteiger partial charge in [0.15, 0.2) is 0 Å². The van der Waals surface area contributed by atoms with Gasteiger partial charge in [-0.2, -0.15) is 0 Å². The smallest absolute Gasteiger partial charge is 0.119 e. The normalized spacial score (nSPS) is 22.6. The van der Waals surface area contributed by atoms with Crippen molar-refractivity contribution in [3.05, 3.63) is 29.3 Å². The van der Waals surface area contributed by atoms with E-state index in [1.54, 1.807) is 0 Å². The Morgan fingerprint density at radius 2 is 2.00 bits per heavy atom. The minimum atomic E-state index is 0.486. The van der Waals surface area contributed by atoms with Crippen LogP contribution in [0.25, 0.3) is 0 Å². The fourth-order valence-electron chi connectivity index (χ4n) is 2.96. The van der Waals surface area contributed by atoms with Gasteiger partial charge in [-0.3, -0.25) is 0 Å². The van der Waals surface area contributed by atoms with Gasteiger partial charge >= 0.3 is 0 Å². The van der Waals surface area contributed by atoms with Crippen molar-refractivity contribution in [3.8, 4) is 5.75 Å². The summed E-state index contributed by atoms with van der Waals surface area (Å²) < 4.78 is 11.4. The van der Waals surface area contributed by atoms with Crippen LogP contribution in [0.15, 0.2) is 18.2 Å². The molecule has 2 rings (SSSR count). The van der Waals surface area contributed by atoms with Gasteiger partial charge in [-0.25, -0.2) is 0 Å². The predicted molar refractivity (Wildman–Crippen MR) is 83.6 cm³/mol. The van der Waals surface area contributed by atoms with Crippen molar-refractivity contribution in [2.24, 2.45) is 0 Å². The molecule has 0 N–H and O–H groups in total. The summed E-state index contributed by atoms with van der Waals surface area (Å²) in [6.45, 7) is 9.60. The van der Waals surface area contributed by atoms with Crippen LogP contribution in [0.5, 0.6) is 5.75 Å². The zero-order chi connectivity index (χ0) is 14.5. The molecule has 1 fully saturated rings. The first-order valence-corrected chi connectivity index (χ1v) is 8.08. The lowest BCUT2D eigenvalue weighted by Crippen LogP contribution is -2.06. The topological polar surface area (TPSA) is 21.8 Å². The first-order valence-electron chi connectivity index (χ1n) is 8.08. The molecule has 1 aliphatic rings. The molecule has 1 aliphatic heterocycles. The van der Waals surface area contributed by atoms with Gasteiger partial charge in [0.2, 0.25) is 0 Å². The molecule has 2 heteroatoms. The maximum atomic E-state index is 5.71. The molecule has 3 atom stereocenters. The number of aryl methyl sites for hydroxylation is 1. The number of rotatable bonds is 8. The highest BCUT2D eigenvalue weighted by atomic mass is 16.6. The van der Waals surface area contributed by atoms with Crippen molar-refractivity contribution in [1.82, 2.24) is 0 Å². The van der Waals surface area contributed by atoms with Gasteiger partial charge in [-0.1, -0.05) is 26.8 Å². The molecular formula is C18H28O2. The monoisotopic (exact) mass is 276 g/mol. The standard InChI is InChI=1S/C18H28O2/c1-5-10-19-15-8-9-16(13(4)11-15)14(6-2)12-18-17(7-3)20-18/h8-9,11,14,17-18H,5-7,10,12H2,1-4H3. The van der Waals surface area contributed by atoms with Crippen LogP contribution in [-0.2, 0) is 4.74 Å². The summed E-state index contributed by atoms with van der Waals surface area (Å²) in [7, 11) is 0. The Bertz CT molecular complexity index is 427. The third-order valence-corrected chi connectivity index (χ3v) is 4.25. The van der Waals surface area contributed by atoms with Crippen molar-refractivity contribution in [2.45, 2.75) is 71.5 Å². The van der Waals surface area contributed by atoms with Crippen molar-refractivity contribution >= 4 is 0 Å². The fourth-order valence-corrected chi connectivity index (χ4v) is 2.96. The summed E-state index contributed by atoms with van der Waals surface area (Å²) >= 11 is 0. The Morgan fingerprint density at radius 3 is 2.55 bits per heavy atom. The van der Waals surface area contributed by atoms with E-state index in [1.807, 2.05) is 0 Å². The van der Waals surface area contributed by atoms with Gasteiger partial charge in [0.05, 0.1) is 18.8 Å². The van der Waals surface area contributed by atoms with Crippen LogP contribution in [0, 0.1) is 6.92 Å². The van der Waals surface area contributed by atoms with E-state index in [0.29, 0.717) is 18.1 Å². The van der Waals surface area contributed by atoms with Crippen LogP contribution < -0.4 is 4.74 Å². The summed E-state index contributed by atoms with van der Waals surface area (Å²) in [5, 5.41) is 0. The minimum Gasteiger partial charge on any atom is -0.494 e. The van der Waals surface area contributed by atoms with Crippen molar-refractivity contribution in [1.29, 1.82) is 0 Å². The highest BCUT2D eigenvalue weighted by molar-refractivity contribution is 5.37. The second kappa shape index (κ2) is 7.12. The molecule has 0 bridgehead atoms. The Balaban J connectivity index is 2.02. The van der Waals surface area contributed by atoms with E-state index in [1.165, 1.54) is 17.5 Å². The van der Waals surface area contributed by atoms with E-state index >= 15 is 0 Å². The van der Waals surface area contributed by atoms with Gasteiger partial charge in [-0.05, 0) is 61.8 Å². The molecule has 20 heavy (non-hydrogen) atoms. The third kappa shape index (κ3) is 3.76. The molecule has 3 unspecified atom stereocenters. The number of benzene rings is 1. The quantitative estimate of drug-likeness (QED) is 0.633. The van der Waals surface area contributed by atoms with Gasteiger partial charge in [0, 0.05) is 0 Å². The van der Waals surface area contributed by atoms with Crippen LogP contribution >= 0.6 is 0 Å². The lowest BCUT2D eigenvalue weighted by molar-refractivity contribution is 0.317. The Morgan fingerprint density at radius 1 is 1.20 bits per heavy atom. The van der Waals surface area contributed by atoms with Crippen LogP contribution in [0.3, 0.4) is 0 Å². The first kappa shape index (κ1) is 15.4. The maximum Gasteiger partial charge on any atom is 0.119 e. The van der Waals surface area contributed by atoms with Crippen LogP contribution in [0.1, 0.15) is 63.5 Å². The highest BCUT2D eigenvalue weighted by Gasteiger charge is 2.38. The summed E-state index contributed by atoms with van der Waals surface area (Å²) in [5.74, 6) is 1.61. The minimum absolute atomic E-state index is 0.486. The largest absolute Gasteiger partial charge is 0.494 e. The zero-order valence-corrected chi connectivity index (χ0v) is 13.3. The molecule has 112 valence electrons. The van der Waals surface area contributed by atoms with Gasteiger partial charge in [0.25, 0.3) is 0 Å². The van der Waals surface area contributed by atoms with E-state index in [-0.39, 0.29) is 0 Å². The second-order valence-electron chi connectivity index (χ2n) is 5.83. The van der Waals surface area contributed by atoms with E-state index in [4.69, 9.17) is 9.47 Å². The molecule has 0 aromatic heterocycles. The molecule has 2 nitrogen and oxygen atoms in total. The average Bonchev–Trinajstić information content (AvgIpc) is 3.21. The predicted octanol–water partition coefficient (Wildman–Crippen LogP) is 4.84. The molecule has 0 spiro atoms. The first-order chi connectivity index (χ1) is 9.69. The van der Waals surface area contributed by atoms with Crippen molar-refractivity contribution < 1.29 is 9.47 Å². The molecule has 0 aliphatic carbocycles. The fraction of sp³-hybridized carbons (Fsp3) is 0.667. The summed E-state index contributed by atoms with van der Waals surface area (Å²) in [6.07, 6.45) is 5.52. The average molecular weight is 276 g/mol. The summed E-state index contributed by atoms with van der Waals surface area (Å²) in [4.78, 5) is 0. The van der Waals surface area contributed by atoms with E-state index in [0.717, 1.165) is 31.6 Å². The Labute approximate surface area is 123 Å². The van der Waals surface area contributed by atoms with E-state index in [9.17, 15) is 0 Å². The summed E-state index contributed by atoms with van der Waals surface area (Å²) in [6, 6.07) is 6.54. The third-order valence-electron chi connectivity index (χ3n) is 4.25. The van der Waals surface area contributed by atoms with E-state index < -0.39 is 0 Å². The van der Waals surface area contributed by atoms with Gasteiger partial charge in [0.1, 0.15) is 5.75 Å². The number of hydrogen-bond acceptors (Lipinski definition) is 2. The molecule has 0 amide bonds. The van der Waals surface area contributed by atoms with Crippen LogP contribution in [0.4, 0.5) is 0 Å². The Hall–Kier alpha value is -1.02. The maximum absolute atomic E-state index is 5.71. The highest BCUT2D eigenvalue weighted by Crippen LogP contribution is 2.37. The van der Waals surface area contributed by atoms with Gasteiger partial charge < -0.3 is 9.47 Å². The van der Waals surface area contributed by atoms with Crippen molar-refractivity contribution in [3.63, 3.8) is 0 Å². The number of epoxide rings is 1. The molecule has 1 aromatic carbocycles. The Kier molecular flexibility index (Phi) is 5.47. The van der Waals surface area contributed by atoms with Crippen LogP contribution in [0.2, 0.25) is 0 Å². The number of ether oxygens (including phenoxy) is 2. The molecule has 1 heterocycles. The molecule has 0 radical (unpaired) electrons. The number of hydrogen-bond donors (Lipinski definition) is 0. The molecule has 1 saturated heterocycles. The molecule has 0 saturated carbocycles. The van der Waals surface area contributed by atoms with Crippen molar-refractivity contribution in [2.75, 3.05) is 6.61 Å². The second-order valence-corrected chi connectivity index (χ2v) is 5.83. The summed E-state index contributed by atoms with van der Waals surface area (Å²) in [5.41, 5.74) is 2.81. The van der Waals surface area contributed by atoms with E-state index in [2.05, 4.69) is 45.9 Å². The SMILES string of the molecule is CCCOc1ccc(C(CC)CC2OC2CC)c(C)c1. The van der Waals surface area contributed by atoms with Crippen LogP contribution in [-0.4, -0.2) is 18.8 Å². The lowest BCUT2D eigenvalue weighted by atomic mass is 9.88. The lowest BCUT2D eigenvalue weighted by Gasteiger charge is -2.18.